The summed E-state index contributed by atoms with van der Waals surface area (Å²) in [5.74, 6) is 0.751. The first-order valence-corrected chi connectivity index (χ1v) is 10.7. The first kappa shape index (κ1) is 21.6. The van der Waals surface area contributed by atoms with Crippen molar-refractivity contribution in [3.05, 3.63) is 70.6 Å². The predicted molar refractivity (Wildman–Crippen MR) is 124 cm³/mol. The molecule has 0 atom stereocenters. The number of hydrogen-bond donors (Lipinski definition) is 0. The third-order valence-electron chi connectivity index (χ3n) is 5.22. The minimum atomic E-state index is -0.0287. The lowest BCUT2D eigenvalue weighted by Gasteiger charge is -2.20. The number of hydrogen-bond acceptors (Lipinski definition) is 3. The number of ether oxygens (including phenoxy) is 1. The lowest BCUT2D eigenvalue weighted by molar-refractivity contribution is 0.304. The Balaban J connectivity index is 0.00000124. The van der Waals surface area contributed by atoms with Crippen LogP contribution in [-0.4, -0.2) is 21.5 Å². The zero-order valence-corrected chi connectivity index (χ0v) is 18.8. The highest BCUT2D eigenvalue weighted by Gasteiger charge is 2.19. The van der Waals surface area contributed by atoms with Crippen molar-refractivity contribution >= 4 is 16.5 Å². The van der Waals surface area contributed by atoms with E-state index in [4.69, 9.17) is 4.74 Å². The summed E-state index contributed by atoms with van der Waals surface area (Å²) in [6.45, 7) is 10.1. The van der Waals surface area contributed by atoms with E-state index in [1.165, 1.54) is 0 Å². The molecular weight excluding hydrogens is 374 g/mol. The van der Waals surface area contributed by atoms with Crippen LogP contribution in [0.15, 0.2) is 59.4 Å². The van der Waals surface area contributed by atoms with Crippen LogP contribution in [0.2, 0.25) is 0 Å². The molecule has 1 aliphatic rings. The van der Waals surface area contributed by atoms with Crippen LogP contribution in [0, 0.1) is 6.92 Å². The van der Waals surface area contributed by atoms with Crippen LogP contribution in [0.5, 0.6) is 0 Å². The van der Waals surface area contributed by atoms with Gasteiger partial charge in [0.05, 0.1) is 24.4 Å². The van der Waals surface area contributed by atoms with E-state index in [1.807, 2.05) is 62.1 Å². The van der Waals surface area contributed by atoms with Gasteiger partial charge in [-0.15, -0.1) is 0 Å². The molecule has 158 valence electrons. The Bertz CT molecular complexity index is 1160. The molecule has 0 N–H and O–H groups in total. The second kappa shape index (κ2) is 9.16. The van der Waals surface area contributed by atoms with Crippen molar-refractivity contribution in [3.63, 3.8) is 0 Å². The van der Waals surface area contributed by atoms with Gasteiger partial charge in [0, 0.05) is 23.5 Å². The summed E-state index contributed by atoms with van der Waals surface area (Å²) in [4.78, 5) is 13.7. The summed E-state index contributed by atoms with van der Waals surface area (Å²) in [5.41, 5.74) is 3.54. The van der Waals surface area contributed by atoms with Gasteiger partial charge in [0.15, 0.2) is 0 Å². The fourth-order valence-electron chi connectivity index (χ4n) is 3.82. The molecule has 2 heterocycles. The SMILES string of the molecule is CC.COC1=CCCC=C1n1c(C)cc2cccc(-c3cnn(C(C)C)c3)c2c1=O. The van der Waals surface area contributed by atoms with E-state index in [9.17, 15) is 4.79 Å². The molecule has 30 heavy (non-hydrogen) atoms. The highest BCUT2D eigenvalue weighted by molar-refractivity contribution is 5.96. The zero-order chi connectivity index (χ0) is 21.8. The summed E-state index contributed by atoms with van der Waals surface area (Å²) in [7, 11) is 1.65. The molecule has 5 heteroatoms. The summed E-state index contributed by atoms with van der Waals surface area (Å²) in [6, 6.07) is 8.31. The summed E-state index contributed by atoms with van der Waals surface area (Å²) in [5, 5.41) is 6.10. The minimum absolute atomic E-state index is 0.0287. The number of rotatable bonds is 4. The van der Waals surface area contributed by atoms with Crippen molar-refractivity contribution in [1.29, 1.82) is 0 Å². The maximum absolute atomic E-state index is 13.7. The fraction of sp³-hybridized carbons (Fsp3) is 0.360. The van der Waals surface area contributed by atoms with E-state index in [0.29, 0.717) is 5.39 Å². The zero-order valence-electron chi connectivity index (χ0n) is 18.8. The second-order valence-electron chi connectivity index (χ2n) is 7.44. The maximum atomic E-state index is 13.7. The number of benzene rings is 1. The molecule has 4 rings (SSSR count). The number of methoxy groups -OCH3 is 1. The molecule has 1 aromatic carbocycles. The maximum Gasteiger partial charge on any atom is 0.263 e. The molecule has 0 radical (unpaired) electrons. The van der Waals surface area contributed by atoms with Crippen molar-refractivity contribution < 1.29 is 4.74 Å². The summed E-state index contributed by atoms with van der Waals surface area (Å²) in [6.07, 6.45) is 9.78. The Hall–Kier alpha value is -3.08. The van der Waals surface area contributed by atoms with Crippen molar-refractivity contribution in [1.82, 2.24) is 14.3 Å². The number of allylic oxidation sites excluding steroid dienone is 3. The van der Waals surface area contributed by atoms with Crippen LogP contribution in [0.25, 0.3) is 27.6 Å². The van der Waals surface area contributed by atoms with Gasteiger partial charge < -0.3 is 4.74 Å². The summed E-state index contributed by atoms with van der Waals surface area (Å²) < 4.78 is 9.23. The van der Waals surface area contributed by atoms with Crippen molar-refractivity contribution in [2.45, 2.75) is 53.5 Å². The van der Waals surface area contributed by atoms with E-state index in [1.54, 1.807) is 11.7 Å². The normalized spacial score (nSPS) is 13.6. The van der Waals surface area contributed by atoms with Crippen LogP contribution in [0.4, 0.5) is 0 Å². The molecule has 5 nitrogen and oxygen atoms in total. The Labute approximate surface area is 178 Å². The Kier molecular flexibility index (Phi) is 6.60. The monoisotopic (exact) mass is 405 g/mol. The first-order chi connectivity index (χ1) is 14.5. The number of nitrogens with zero attached hydrogens (tertiary/aromatic N) is 3. The van der Waals surface area contributed by atoms with Gasteiger partial charge in [-0.3, -0.25) is 14.0 Å². The van der Waals surface area contributed by atoms with Crippen LogP contribution in [0.3, 0.4) is 0 Å². The minimum Gasteiger partial charge on any atom is -0.495 e. The highest BCUT2D eigenvalue weighted by atomic mass is 16.5. The molecule has 0 bridgehead atoms. The smallest absolute Gasteiger partial charge is 0.263 e. The molecule has 0 fully saturated rings. The van der Waals surface area contributed by atoms with E-state index < -0.39 is 0 Å². The topological polar surface area (TPSA) is 49.0 Å². The van der Waals surface area contributed by atoms with Gasteiger partial charge in [-0.2, -0.15) is 5.10 Å². The second-order valence-corrected chi connectivity index (χ2v) is 7.44. The van der Waals surface area contributed by atoms with Crippen LogP contribution in [-0.2, 0) is 4.74 Å². The third kappa shape index (κ3) is 3.84. The molecule has 0 aliphatic heterocycles. The van der Waals surface area contributed by atoms with E-state index >= 15 is 0 Å². The van der Waals surface area contributed by atoms with Gasteiger partial charge >= 0.3 is 0 Å². The number of aryl methyl sites for hydroxylation is 1. The Morgan fingerprint density at radius 1 is 1.13 bits per heavy atom. The van der Waals surface area contributed by atoms with Crippen molar-refractivity contribution in [2.75, 3.05) is 7.11 Å². The first-order valence-electron chi connectivity index (χ1n) is 10.7. The van der Waals surface area contributed by atoms with Gasteiger partial charge in [-0.25, -0.2) is 0 Å². The number of aromatic nitrogens is 3. The van der Waals surface area contributed by atoms with E-state index in [-0.39, 0.29) is 11.6 Å². The fourth-order valence-corrected chi connectivity index (χ4v) is 3.82. The van der Waals surface area contributed by atoms with Gasteiger partial charge in [0.1, 0.15) is 5.76 Å². The molecular formula is C25H31N3O2. The molecule has 0 saturated carbocycles. The number of fused-ring (bicyclic) bond motifs is 1. The number of pyridine rings is 1. The molecule has 0 spiro atoms. The summed E-state index contributed by atoms with van der Waals surface area (Å²) >= 11 is 0. The van der Waals surface area contributed by atoms with Crippen molar-refractivity contribution in [3.8, 4) is 11.1 Å². The lowest BCUT2D eigenvalue weighted by Crippen LogP contribution is -2.24. The average Bonchev–Trinajstić information content (AvgIpc) is 3.25. The predicted octanol–water partition coefficient (Wildman–Crippen LogP) is 5.95. The van der Waals surface area contributed by atoms with Gasteiger partial charge in [-0.1, -0.05) is 38.1 Å². The third-order valence-corrected chi connectivity index (χ3v) is 5.22. The molecule has 2 aromatic heterocycles. The highest BCUT2D eigenvalue weighted by Crippen LogP contribution is 2.30. The molecule has 1 aliphatic carbocycles. The van der Waals surface area contributed by atoms with Crippen LogP contribution < -0.4 is 5.56 Å². The average molecular weight is 406 g/mol. The molecule has 0 saturated heterocycles. The van der Waals surface area contributed by atoms with Gasteiger partial charge in [0.2, 0.25) is 0 Å². The lowest BCUT2D eigenvalue weighted by atomic mass is 10.0. The molecule has 3 aromatic rings. The standard InChI is InChI=1S/C23H25N3O2.C2H6/c1-15(2)25-14-18(13-24-25)19-9-7-8-17-12-16(3)26(23(27)22(17)19)20-10-5-6-11-21(20)28-4;1-2/h7-15H,5-6H2,1-4H3;1-2H3. The quantitative estimate of drug-likeness (QED) is 0.539. The largest absolute Gasteiger partial charge is 0.495 e. The van der Waals surface area contributed by atoms with E-state index in [0.717, 1.165) is 46.5 Å². The molecule has 0 unspecified atom stereocenters. The Morgan fingerprint density at radius 2 is 1.87 bits per heavy atom. The van der Waals surface area contributed by atoms with Crippen LogP contribution in [0.1, 0.15) is 52.3 Å². The van der Waals surface area contributed by atoms with Crippen LogP contribution >= 0.6 is 0 Å². The van der Waals surface area contributed by atoms with Gasteiger partial charge in [0.25, 0.3) is 5.56 Å². The van der Waals surface area contributed by atoms with E-state index in [2.05, 4.69) is 31.1 Å². The molecule has 0 amide bonds. The van der Waals surface area contributed by atoms with Gasteiger partial charge in [-0.05, 0) is 56.7 Å². The Morgan fingerprint density at radius 3 is 2.53 bits per heavy atom. The van der Waals surface area contributed by atoms with Crippen molar-refractivity contribution in [2.24, 2.45) is 0 Å².